The molecular weight excluding hydrogens is 616 g/mol. The summed E-state index contributed by atoms with van der Waals surface area (Å²) in [6, 6.07) is 8.90. The molecule has 1 aromatic rings. The van der Waals surface area contributed by atoms with Crippen LogP contribution >= 0.6 is 0 Å². The number of ether oxygens (including phenoxy) is 5. The average molecular weight is 677 g/mol. The van der Waals surface area contributed by atoms with Crippen LogP contribution in [0.5, 0.6) is 0 Å². The lowest BCUT2D eigenvalue weighted by molar-refractivity contribution is -0.169. The first kappa shape index (κ1) is 40.6. The van der Waals surface area contributed by atoms with Gasteiger partial charge in [-0.15, -0.1) is 0 Å². The van der Waals surface area contributed by atoms with Crippen LogP contribution in [0.4, 0.5) is 0 Å². The quantitative estimate of drug-likeness (QED) is 0.0359. The van der Waals surface area contributed by atoms with Crippen molar-refractivity contribution in [1.29, 1.82) is 0 Å². The predicted molar refractivity (Wildman–Crippen MR) is 185 cm³/mol. The zero-order valence-corrected chi connectivity index (χ0v) is 31.4. The summed E-state index contributed by atoms with van der Waals surface area (Å²) in [5.41, 5.74) is 0.550. The van der Waals surface area contributed by atoms with Crippen LogP contribution in [0.2, 0.25) is 18.1 Å². The van der Waals surface area contributed by atoms with Crippen molar-refractivity contribution in [2.45, 2.75) is 143 Å². The van der Waals surface area contributed by atoms with Crippen molar-refractivity contribution in [3.05, 3.63) is 48.0 Å². The van der Waals surface area contributed by atoms with E-state index in [0.29, 0.717) is 31.4 Å². The van der Waals surface area contributed by atoms with Gasteiger partial charge in [0, 0.05) is 31.9 Å². The fourth-order valence-corrected chi connectivity index (χ4v) is 7.11. The average Bonchev–Trinajstić information content (AvgIpc) is 3.28. The monoisotopic (exact) mass is 676 g/mol. The Labute approximate surface area is 284 Å². The molecule has 1 saturated carbocycles. The second-order valence-electron chi connectivity index (χ2n) is 14.0. The van der Waals surface area contributed by atoms with Gasteiger partial charge in [-0.1, -0.05) is 76.9 Å². The molecule has 0 spiro atoms. The van der Waals surface area contributed by atoms with E-state index in [1.165, 1.54) is 13.8 Å². The first-order valence-corrected chi connectivity index (χ1v) is 20.2. The number of hydrogen-bond acceptors (Lipinski definition) is 9. The number of carbonyl (C=O) groups is 3. The zero-order chi connectivity index (χ0) is 35.2. The van der Waals surface area contributed by atoms with Gasteiger partial charge in [-0.05, 0) is 69.7 Å². The van der Waals surface area contributed by atoms with E-state index in [0.717, 1.165) is 19.3 Å². The van der Waals surface area contributed by atoms with Crippen LogP contribution in [-0.2, 0) is 42.5 Å². The molecule has 7 atom stereocenters. The molecule has 10 heteroatoms. The SMILES string of the molecule is CCCCC[C@H](/C=C/[C@@H]1[C@H](CCOC(C)=O)[C@@H](O[Si](C)(C)C(C)(C)C)C[C@H]1OC(C)OCC)OC(=O)[C@@H](OC(C)=O)c1ccccc1. The van der Waals surface area contributed by atoms with Gasteiger partial charge in [-0.25, -0.2) is 4.79 Å². The van der Waals surface area contributed by atoms with Gasteiger partial charge in [0.25, 0.3) is 0 Å². The molecule has 1 aromatic carbocycles. The minimum atomic E-state index is -2.16. The molecule has 0 heterocycles. The summed E-state index contributed by atoms with van der Waals surface area (Å²) in [7, 11) is -2.16. The maximum Gasteiger partial charge on any atom is 0.352 e. The Balaban J connectivity index is 2.47. The van der Waals surface area contributed by atoms with Crippen LogP contribution in [0.3, 0.4) is 0 Å². The molecule has 0 amide bonds. The lowest BCUT2D eigenvalue weighted by Crippen LogP contribution is -2.45. The molecule has 266 valence electrons. The van der Waals surface area contributed by atoms with Crippen molar-refractivity contribution in [3.63, 3.8) is 0 Å². The van der Waals surface area contributed by atoms with Crippen LogP contribution in [0.15, 0.2) is 42.5 Å². The normalized spacial score (nSPS) is 22.1. The smallest absolute Gasteiger partial charge is 0.352 e. The Hall–Kier alpha value is -2.53. The van der Waals surface area contributed by atoms with E-state index >= 15 is 0 Å². The highest BCUT2D eigenvalue weighted by molar-refractivity contribution is 6.74. The van der Waals surface area contributed by atoms with Gasteiger partial charge < -0.3 is 28.1 Å². The molecule has 0 radical (unpaired) electrons. The molecule has 9 nitrogen and oxygen atoms in total. The van der Waals surface area contributed by atoms with Gasteiger partial charge in [0.05, 0.1) is 18.8 Å². The summed E-state index contributed by atoms with van der Waals surface area (Å²) in [6.07, 6.45) is 6.30. The lowest BCUT2D eigenvalue weighted by Gasteiger charge is -2.40. The third kappa shape index (κ3) is 13.5. The van der Waals surface area contributed by atoms with Crippen LogP contribution in [0.25, 0.3) is 0 Å². The molecule has 1 fully saturated rings. The van der Waals surface area contributed by atoms with Crippen LogP contribution in [-0.4, -0.2) is 64.0 Å². The fraction of sp³-hybridized carbons (Fsp3) is 0.703. The van der Waals surface area contributed by atoms with E-state index in [4.69, 9.17) is 28.1 Å². The summed E-state index contributed by atoms with van der Waals surface area (Å²) < 4.78 is 36.2. The number of esters is 3. The largest absolute Gasteiger partial charge is 0.466 e. The maximum absolute atomic E-state index is 13.5. The summed E-state index contributed by atoms with van der Waals surface area (Å²) in [5, 5.41) is 0.00609. The van der Waals surface area contributed by atoms with Crippen LogP contribution in [0, 0.1) is 11.8 Å². The molecule has 0 aliphatic heterocycles. The van der Waals surface area contributed by atoms with Gasteiger partial charge in [0.1, 0.15) is 6.10 Å². The minimum Gasteiger partial charge on any atom is -0.466 e. The van der Waals surface area contributed by atoms with Crippen molar-refractivity contribution in [2.24, 2.45) is 11.8 Å². The number of carbonyl (C=O) groups excluding carboxylic acids is 3. The highest BCUT2D eigenvalue weighted by Gasteiger charge is 2.48. The molecule has 1 aliphatic rings. The standard InChI is InChI=1S/C37H60O9Si/c1-11-13-15-20-30(45-36(40)35(43-27(4)39)29-18-16-14-17-19-29)21-22-31-32(23-24-42-26(3)38)34(46-47(9,10)37(6,7)8)25-33(31)44-28(5)41-12-2/h14,16-19,21-22,28,30-35H,11-13,15,20,23-25H2,1-10H3/b22-21+/t28?,30-,31-,32+,33-,34+,35+/m1/s1. The highest BCUT2D eigenvalue weighted by atomic mass is 28.4. The topological polar surface area (TPSA) is 107 Å². The molecule has 47 heavy (non-hydrogen) atoms. The van der Waals surface area contributed by atoms with Gasteiger partial charge in [0.2, 0.25) is 6.10 Å². The fourth-order valence-electron chi connectivity index (χ4n) is 5.72. The van der Waals surface area contributed by atoms with E-state index in [-0.39, 0.29) is 41.7 Å². The minimum absolute atomic E-state index is 0.00609. The van der Waals surface area contributed by atoms with Gasteiger partial charge >= 0.3 is 17.9 Å². The van der Waals surface area contributed by atoms with Gasteiger partial charge in [0.15, 0.2) is 14.6 Å². The van der Waals surface area contributed by atoms with E-state index < -0.39 is 38.8 Å². The van der Waals surface area contributed by atoms with Crippen molar-refractivity contribution < 1.29 is 42.5 Å². The number of unbranched alkanes of at least 4 members (excludes halogenated alkanes) is 2. The third-order valence-corrected chi connectivity index (χ3v) is 13.7. The number of benzene rings is 1. The summed E-state index contributed by atoms with van der Waals surface area (Å²) >= 11 is 0. The van der Waals surface area contributed by atoms with E-state index in [9.17, 15) is 14.4 Å². The lowest BCUT2D eigenvalue weighted by atomic mass is 9.90. The summed E-state index contributed by atoms with van der Waals surface area (Å²) in [5.74, 6) is -1.63. The molecule has 0 bridgehead atoms. The molecule has 0 N–H and O–H groups in total. The van der Waals surface area contributed by atoms with Crippen molar-refractivity contribution in [1.82, 2.24) is 0 Å². The van der Waals surface area contributed by atoms with E-state index in [1.807, 2.05) is 26.0 Å². The first-order valence-electron chi connectivity index (χ1n) is 17.3. The third-order valence-electron chi connectivity index (χ3n) is 9.15. The Kier molecular flexibility index (Phi) is 16.8. The Morgan fingerprint density at radius 1 is 0.979 bits per heavy atom. The molecule has 1 unspecified atom stereocenters. The zero-order valence-electron chi connectivity index (χ0n) is 30.4. The predicted octanol–water partition coefficient (Wildman–Crippen LogP) is 8.09. The van der Waals surface area contributed by atoms with E-state index in [2.05, 4.69) is 46.9 Å². The van der Waals surface area contributed by atoms with Gasteiger partial charge in [-0.3, -0.25) is 9.59 Å². The van der Waals surface area contributed by atoms with Crippen molar-refractivity contribution in [3.8, 4) is 0 Å². The summed E-state index contributed by atoms with van der Waals surface area (Å²) in [4.78, 5) is 37.2. The van der Waals surface area contributed by atoms with Crippen LogP contribution in [0.1, 0.15) is 106 Å². The Morgan fingerprint density at radius 3 is 2.23 bits per heavy atom. The van der Waals surface area contributed by atoms with E-state index in [1.54, 1.807) is 24.3 Å². The van der Waals surface area contributed by atoms with Crippen molar-refractivity contribution >= 4 is 26.2 Å². The second kappa shape index (κ2) is 19.5. The molecule has 0 saturated heterocycles. The Bertz CT molecular complexity index is 1130. The van der Waals surface area contributed by atoms with Crippen LogP contribution < -0.4 is 0 Å². The second-order valence-corrected chi connectivity index (χ2v) is 18.7. The Morgan fingerprint density at radius 2 is 1.66 bits per heavy atom. The maximum atomic E-state index is 13.5. The molecular formula is C37H60O9Si. The van der Waals surface area contributed by atoms with Crippen molar-refractivity contribution in [2.75, 3.05) is 13.2 Å². The summed E-state index contributed by atoms with van der Waals surface area (Å²) in [6.45, 7) is 20.6. The molecule has 2 rings (SSSR count). The highest BCUT2D eigenvalue weighted by Crippen LogP contribution is 2.45. The molecule has 0 aromatic heterocycles. The number of hydrogen-bond donors (Lipinski definition) is 0. The number of rotatable bonds is 19. The van der Waals surface area contributed by atoms with Gasteiger partial charge in [-0.2, -0.15) is 0 Å². The first-order chi connectivity index (χ1) is 22.1. The molecule has 1 aliphatic carbocycles.